The summed E-state index contributed by atoms with van der Waals surface area (Å²) in [5, 5.41) is 5.64. The van der Waals surface area contributed by atoms with Gasteiger partial charge in [0.2, 0.25) is 0 Å². The van der Waals surface area contributed by atoms with Crippen molar-refractivity contribution in [2.75, 3.05) is 16.8 Å². The van der Waals surface area contributed by atoms with E-state index >= 15 is 0 Å². The zero-order chi connectivity index (χ0) is 27.4. The fourth-order valence-corrected chi connectivity index (χ4v) is 4.75. The molecule has 0 aromatic heterocycles. The molecule has 6 nitrogen and oxygen atoms in total. The van der Waals surface area contributed by atoms with Gasteiger partial charge in [0.1, 0.15) is 6.04 Å². The molecule has 5 rings (SSSR count). The van der Waals surface area contributed by atoms with Gasteiger partial charge in [0, 0.05) is 16.8 Å². The molecule has 0 fully saturated rings. The van der Waals surface area contributed by atoms with Crippen LogP contribution in [0.3, 0.4) is 0 Å². The molecule has 0 saturated carbocycles. The number of ketones is 1. The Balaban J connectivity index is 1.54. The van der Waals surface area contributed by atoms with Crippen LogP contribution in [0.5, 0.6) is 0 Å². The Morgan fingerprint density at radius 2 is 1.46 bits per heavy atom. The standard InChI is InChI=1S/C33H29N3O3/c1-22-16-18-25(19-17-22)34-33(39)35-29-20-28(24-11-4-3-5-12-24)27-14-8-9-15-30(27)36(32(29)38)21-31(37)26-13-7-6-10-23(26)2/h3-20,29H,21H2,1-2H3,(H2,34,35,39). The summed E-state index contributed by atoms with van der Waals surface area (Å²) in [6.45, 7) is 3.68. The summed E-state index contributed by atoms with van der Waals surface area (Å²) < 4.78 is 0. The number of hydrogen-bond acceptors (Lipinski definition) is 3. The zero-order valence-corrected chi connectivity index (χ0v) is 21.8. The molecule has 0 aliphatic carbocycles. The van der Waals surface area contributed by atoms with Crippen molar-refractivity contribution in [2.24, 2.45) is 0 Å². The molecule has 6 heteroatoms. The lowest BCUT2D eigenvalue weighted by molar-refractivity contribution is -0.119. The van der Waals surface area contributed by atoms with Crippen molar-refractivity contribution in [1.29, 1.82) is 0 Å². The molecule has 39 heavy (non-hydrogen) atoms. The number of para-hydroxylation sites is 1. The van der Waals surface area contributed by atoms with E-state index in [0.29, 0.717) is 16.9 Å². The number of anilines is 2. The van der Waals surface area contributed by atoms with E-state index in [-0.39, 0.29) is 12.3 Å². The fraction of sp³-hybridized carbons (Fsp3) is 0.121. The maximum Gasteiger partial charge on any atom is 0.320 e. The highest BCUT2D eigenvalue weighted by molar-refractivity contribution is 6.12. The summed E-state index contributed by atoms with van der Waals surface area (Å²) in [5.74, 6) is -0.573. The van der Waals surface area contributed by atoms with E-state index in [9.17, 15) is 14.4 Å². The van der Waals surface area contributed by atoms with Gasteiger partial charge in [0.15, 0.2) is 5.78 Å². The molecule has 4 aromatic rings. The maximum absolute atomic E-state index is 14.1. The van der Waals surface area contributed by atoms with Crippen molar-refractivity contribution in [3.8, 4) is 0 Å². The highest BCUT2D eigenvalue weighted by Gasteiger charge is 2.33. The van der Waals surface area contributed by atoms with Gasteiger partial charge < -0.3 is 15.5 Å². The molecule has 1 atom stereocenters. The number of urea groups is 1. The van der Waals surface area contributed by atoms with Crippen LogP contribution in [0, 0.1) is 13.8 Å². The van der Waals surface area contributed by atoms with Crippen molar-refractivity contribution >= 4 is 34.7 Å². The Kier molecular flexibility index (Phi) is 7.37. The Hall–Kier alpha value is -4.97. The minimum Gasteiger partial charge on any atom is -0.323 e. The van der Waals surface area contributed by atoms with Crippen molar-refractivity contribution in [3.05, 3.63) is 137 Å². The third kappa shape index (κ3) is 5.65. The summed E-state index contributed by atoms with van der Waals surface area (Å²) >= 11 is 0. The molecule has 4 aromatic carbocycles. The first-order valence-corrected chi connectivity index (χ1v) is 12.8. The molecule has 1 aliphatic heterocycles. The molecule has 1 heterocycles. The van der Waals surface area contributed by atoms with Gasteiger partial charge in [-0.3, -0.25) is 9.59 Å². The van der Waals surface area contributed by atoms with E-state index in [1.165, 1.54) is 4.90 Å². The van der Waals surface area contributed by atoms with Gasteiger partial charge in [-0.1, -0.05) is 90.5 Å². The third-order valence-electron chi connectivity index (χ3n) is 6.78. The van der Waals surface area contributed by atoms with Gasteiger partial charge in [0.25, 0.3) is 5.91 Å². The first-order valence-electron chi connectivity index (χ1n) is 12.8. The molecule has 1 unspecified atom stereocenters. The lowest BCUT2D eigenvalue weighted by Gasteiger charge is -2.26. The predicted octanol–water partition coefficient (Wildman–Crippen LogP) is 6.15. The van der Waals surface area contributed by atoms with Gasteiger partial charge in [-0.15, -0.1) is 0 Å². The second-order valence-corrected chi connectivity index (χ2v) is 9.57. The average molecular weight is 516 g/mol. The number of amides is 3. The SMILES string of the molecule is Cc1ccc(NC(=O)NC2C=C(c3ccccc3)c3ccccc3N(CC(=O)c3ccccc3C)C2=O)cc1. The first-order chi connectivity index (χ1) is 18.9. The summed E-state index contributed by atoms with van der Waals surface area (Å²) in [6, 6.07) is 30.4. The Labute approximate surface area is 228 Å². The number of nitrogens with one attached hydrogen (secondary N) is 2. The molecule has 0 saturated heterocycles. The number of nitrogens with zero attached hydrogens (tertiary/aromatic N) is 1. The predicted molar refractivity (Wildman–Crippen MR) is 155 cm³/mol. The van der Waals surface area contributed by atoms with Crippen molar-refractivity contribution in [2.45, 2.75) is 19.9 Å². The van der Waals surface area contributed by atoms with E-state index in [1.807, 2.05) is 98.8 Å². The van der Waals surface area contributed by atoms with Crippen LogP contribution in [0.15, 0.2) is 109 Å². The van der Waals surface area contributed by atoms with Gasteiger partial charge in [-0.2, -0.15) is 0 Å². The Morgan fingerprint density at radius 3 is 2.21 bits per heavy atom. The minimum absolute atomic E-state index is 0.158. The molecule has 0 spiro atoms. The highest BCUT2D eigenvalue weighted by atomic mass is 16.2. The molecule has 3 amide bonds. The van der Waals surface area contributed by atoms with Crippen LogP contribution in [0.1, 0.15) is 32.6 Å². The summed E-state index contributed by atoms with van der Waals surface area (Å²) in [4.78, 5) is 42.0. The van der Waals surface area contributed by atoms with Crippen LogP contribution < -0.4 is 15.5 Å². The lowest BCUT2D eigenvalue weighted by atomic mass is 9.95. The zero-order valence-electron chi connectivity index (χ0n) is 21.8. The monoisotopic (exact) mass is 515 g/mol. The molecule has 0 bridgehead atoms. The Morgan fingerprint density at radius 1 is 0.795 bits per heavy atom. The number of benzene rings is 4. The smallest absolute Gasteiger partial charge is 0.320 e. The van der Waals surface area contributed by atoms with E-state index in [2.05, 4.69) is 10.6 Å². The number of Topliss-reactive ketones (excluding diaryl/α,β-unsaturated/α-hetero) is 1. The van der Waals surface area contributed by atoms with E-state index in [4.69, 9.17) is 0 Å². The van der Waals surface area contributed by atoms with Gasteiger partial charge in [0.05, 0.1) is 12.2 Å². The number of rotatable bonds is 6. The first kappa shape index (κ1) is 25.7. The van der Waals surface area contributed by atoms with Crippen LogP contribution in [-0.2, 0) is 4.79 Å². The largest absolute Gasteiger partial charge is 0.323 e. The van der Waals surface area contributed by atoms with Gasteiger partial charge in [-0.05, 0) is 54.8 Å². The Bertz CT molecular complexity index is 1560. The molecule has 194 valence electrons. The maximum atomic E-state index is 14.1. The molecule has 2 N–H and O–H groups in total. The van der Waals surface area contributed by atoms with Gasteiger partial charge in [-0.25, -0.2) is 4.79 Å². The summed E-state index contributed by atoms with van der Waals surface area (Å²) in [7, 11) is 0. The highest BCUT2D eigenvalue weighted by Crippen LogP contribution is 2.35. The molecule has 1 aliphatic rings. The second kappa shape index (κ2) is 11.2. The summed E-state index contributed by atoms with van der Waals surface area (Å²) in [5.41, 5.74) is 6.20. The normalized spacial score (nSPS) is 14.6. The van der Waals surface area contributed by atoms with Crippen LogP contribution in [-0.4, -0.2) is 30.3 Å². The van der Waals surface area contributed by atoms with E-state index in [1.54, 1.807) is 24.3 Å². The summed E-state index contributed by atoms with van der Waals surface area (Å²) in [6.07, 6.45) is 1.77. The third-order valence-corrected chi connectivity index (χ3v) is 6.78. The average Bonchev–Trinajstić information content (AvgIpc) is 3.05. The number of fused-ring (bicyclic) bond motifs is 1. The number of aryl methyl sites for hydroxylation is 2. The van der Waals surface area contributed by atoms with Crippen molar-refractivity contribution in [3.63, 3.8) is 0 Å². The van der Waals surface area contributed by atoms with Gasteiger partial charge >= 0.3 is 6.03 Å². The molecular weight excluding hydrogens is 486 g/mol. The van der Waals surface area contributed by atoms with E-state index in [0.717, 1.165) is 27.8 Å². The van der Waals surface area contributed by atoms with Crippen LogP contribution in [0.2, 0.25) is 0 Å². The van der Waals surface area contributed by atoms with E-state index < -0.39 is 18.0 Å². The minimum atomic E-state index is -1.01. The molecule has 0 radical (unpaired) electrons. The number of carbonyl (C=O) groups is 3. The van der Waals surface area contributed by atoms with Crippen molar-refractivity contribution in [1.82, 2.24) is 5.32 Å². The fourth-order valence-electron chi connectivity index (χ4n) is 4.75. The van der Waals surface area contributed by atoms with Crippen molar-refractivity contribution < 1.29 is 14.4 Å². The number of carbonyl (C=O) groups excluding carboxylic acids is 3. The quantitative estimate of drug-likeness (QED) is 0.302. The van der Waals surface area contributed by atoms with Crippen LogP contribution in [0.4, 0.5) is 16.2 Å². The topological polar surface area (TPSA) is 78.5 Å². The molecular formula is C33H29N3O3. The number of hydrogen-bond donors (Lipinski definition) is 2. The van der Waals surface area contributed by atoms with Crippen LogP contribution in [0.25, 0.3) is 5.57 Å². The van der Waals surface area contributed by atoms with Crippen LogP contribution >= 0.6 is 0 Å². The lowest BCUT2D eigenvalue weighted by Crippen LogP contribution is -2.50. The second-order valence-electron chi connectivity index (χ2n) is 9.57.